The summed E-state index contributed by atoms with van der Waals surface area (Å²) in [6, 6.07) is 8.39. The molecular weight excluding hydrogens is 610 g/mol. The van der Waals surface area contributed by atoms with Crippen molar-refractivity contribution in [3.05, 3.63) is 76.9 Å². The molecule has 3 aromatic rings. The van der Waals surface area contributed by atoms with Crippen LogP contribution in [-0.2, 0) is 9.53 Å². The highest BCUT2D eigenvalue weighted by Crippen LogP contribution is 2.38. The summed E-state index contributed by atoms with van der Waals surface area (Å²) in [6.45, 7) is 9.54. The van der Waals surface area contributed by atoms with Crippen molar-refractivity contribution >= 4 is 45.0 Å². The molecule has 1 unspecified atom stereocenters. The number of carbonyl (C=O) groups is 1. The molecule has 0 N–H and O–H groups in total. The van der Waals surface area contributed by atoms with Gasteiger partial charge in [-0.15, -0.1) is 0 Å². The number of benzene rings is 2. The van der Waals surface area contributed by atoms with E-state index in [9.17, 15) is 9.59 Å². The maximum Gasteiger partial charge on any atom is 0.338 e. The first-order valence-electron chi connectivity index (χ1n) is 13.3. The van der Waals surface area contributed by atoms with Gasteiger partial charge in [0.1, 0.15) is 23.3 Å². The van der Waals surface area contributed by atoms with Gasteiger partial charge in [-0.25, -0.2) is 9.79 Å². The van der Waals surface area contributed by atoms with Crippen LogP contribution >= 0.6 is 27.3 Å². The van der Waals surface area contributed by atoms with Crippen LogP contribution in [-0.4, -0.2) is 51.6 Å². The van der Waals surface area contributed by atoms with Crippen LogP contribution in [0.2, 0.25) is 0 Å². The Morgan fingerprint density at radius 3 is 2.39 bits per heavy atom. The Morgan fingerprint density at radius 2 is 1.78 bits per heavy atom. The van der Waals surface area contributed by atoms with Crippen molar-refractivity contribution in [2.45, 2.75) is 33.7 Å². The van der Waals surface area contributed by atoms with E-state index in [1.54, 1.807) is 52.3 Å². The van der Waals surface area contributed by atoms with Gasteiger partial charge in [0, 0.05) is 40.8 Å². The van der Waals surface area contributed by atoms with E-state index in [0.29, 0.717) is 37.8 Å². The minimum absolute atomic E-state index is 0.185. The highest BCUT2D eigenvalue weighted by Gasteiger charge is 2.35. The quantitative estimate of drug-likeness (QED) is 0.302. The van der Waals surface area contributed by atoms with Gasteiger partial charge in [-0.2, -0.15) is 0 Å². The lowest BCUT2D eigenvalue weighted by atomic mass is 9.95. The van der Waals surface area contributed by atoms with E-state index in [0.717, 1.165) is 28.8 Å². The SMILES string of the molecule is CCOC(=O)C1=C(C)N=c2sc(=Cc3cc(Br)c(N(CC)CC)cc3OC)c(=O)n2C1c1ccc(OC)cc1OC. The van der Waals surface area contributed by atoms with Crippen molar-refractivity contribution in [1.82, 2.24) is 4.57 Å². The molecule has 0 radical (unpaired) electrons. The number of halogens is 1. The molecule has 11 heteroatoms. The van der Waals surface area contributed by atoms with E-state index in [-0.39, 0.29) is 17.7 Å². The monoisotopic (exact) mass is 643 g/mol. The normalized spacial score (nSPS) is 14.8. The maximum absolute atomic E-state index is 14.1. The van der Waals surface area contributed by atoms with Gasteiger partial charge in [-0.3, -0.25) is 9.36 Å². The lowest BCUT2D eigenvalue weighted by Gasteiger charge is -2.26. The number of anilines is 1. The standard InChI is InChI=1S/C30H34BrN3O6S/c1-8-33(9-2)22-16-23(38-6)18(13-21(22)31)14-25-28(35)34-27(20-12-11-19(37-5)15-24(20)39-7)26(29(36)40-10-3)17(4)32-30(34)41-25/h11-16,27H,8-10H2,1-7H3. The fourth-order valence-corrected chi connectivity index (χ4v) is 6.57. The number of hydrogen-bond acceptors (Lipinski definition) is 9. The van der Waals surface area contributed by atoms with Crippen LogP contribution in [0.1, 0.15) is 44.9 Å². The molecular formula is C30H34BrN3O6S. The molecule has 2 aromatic carbocycles. The summed E-state index contributed by atoms with van der Waals surface area (Å²) in [6.07, 6.45) is 1.80. The molecule has 0 saturated carbocycles. The number of ether oxygens (including phenoxy) is 4. The van der Waals surface area contributed by atoms with E-state index in [2.05, 4.69) is 39.7 Å². The smallest absolute Gasteiger partial charge is 0.338 e. The molecule has 9 nitrogen and oxygen atoms in total. The Balaban J connectivity index is 1.97. The molecule has 41 heavy (non-hydrogen) atoms. The molecule has 1 aromatic heterocycles. The van der Waals surface area contributed by atoms with Crippen molar-refractivity contribution in [1.29, 1.82) is 0 Å². The lowest BCUT2D eigenvalue weighted by molar-refractivity contribution is -0.139. The van der Waals surface area contributed by atoms with Crippen molar-refractivity contribution in [2.75, 3.05) is 45.9 Å². The van der Waals surface area contributed by atoms with Crippen LogP contribution in [0.15, 0.2) is 55.9 Å². The van der Waals surface area contributed by atoms with Crippen LogP contribution in [0.4, 0.5) is 5.69 Å². The second kappa shape index (κ2) is 12.9. The third kappa shape index (κ3) is 5.78. The Morgan fingerprint density at radius 1 is 1.07 bits per heavy atom. The molecule has 0 fully saturated rings. The molecule has 0 aliphatic carbocycles. The van der Waals surface area contributed by atoms with E-state index < -0.39 is 12.0 Å². The minimum atomic E-state index is -0.813. The molecule has 2 heterocycles. The number of esters is 1. The van der Waals surface area contributed by atoms with Gasteiger partial charge in [0.15, 0.2) is 4.80 Å². The van der Waals surface area contributed by atoms with Crippen LogP contribution < -0.4 is 34.0 Å². The van der Waals surface area contributed by atoms with Gasteiger partial charge in [-0.1, -0.05) is 11.3 Å². The van der Waals surface area contributed by atoms with Gasteiger partial charge >= 0.3 is 5.97 Å². The number of fused-ring (bicyclic) bond motifs is 1. The summed E-state index contributed by atoms with van der Waals surface area (Å²) in [7, 11) is 4.71. The third-order valence-corrected chi connectivity index (χ3v) is 8.56. The van der Waals surface area contributed by atoms with Crippen LogP contribution in [0.5, 0.6) is 17.2 Å². The highest BCUT2D eigenvalue weighted by atomic mass is 79.9. The number of allylic oxidation sites excluding steroid dienone is 1. The molecule has 0 spiro atoms. The zero-order chi connectivity index (χ0) is 29.8. The molecule has 1 aliphatic heterocycles. The molecule has 1 atom stereocenters. The largest absolute Gasteiger partial charge is 0.497 e. The number of hydrogen-bond donors (Lipinski definition) is 0. The Kier molecular flexibility index (Phi) is 9.60. The second-order valence-corrected chi connectivity index (χ2v) is 11.0. The van der Waals surface area contributed by atoms with Crippen LogP contribution in [0.25, 0.3) is 6.08 Å². The van der Waals surface area contributed by atoms with Gasteiger partial charge in [0.25, 0.3) is 5.56 Å². The molecule has 4 rings (SSSR count). The zero-order valence-electron chi connectivity index (χ0n) is 24.2. The number of methoxy groups -OCH3 is 3. The first-order chi connectivity index (χ1) is 19.7. The third-order valence-electron chi connectivity index (χ3n) is 6.94. The fraction of sp³-hybridized carbons (Fsp3) is 0.367. The summed E-state index contributed by atoms with van der Waals surface area (Å²) < 4.78 is 25.1. The Bertz CT molecular complexity index is 1670. The fourth-order valence-electron chi connectivity index (χ4n) is 4.93. The first-order valence-corrected chi connectivity index (χ1v) is 14.9. The summed E-state index contributed by atoms with van der Waals surface area (Å²) in [5.74, 6) is 1.15. The van der Waals surface area contributed by atoms with Crippen molar-refractivity contribution < 1.29 is 23.7 Å². The van der Waals surface area contributed by atoms with Crippen LogP contribution in [0, 0.1) is 0 Å². The number of thiazole rings is 1. The van der Waals surface area contributed by atoms with Gasteiger partial charge < -0.3 is 23.8 Å². The first kappa shape index (κ1) is 30.4. The summed E-state index contributed by atoms with van der Waals surface area (Å²) in [5, 5.41) is 0. The number of carbonyl (C=O) groups excluding carboxylic acids is 1. The van der Waals surface area contributed by atoms with Gasteiger partial charge in [-0.05, 0) is 67.9 Å². The van der Waals surface area contributed by atoms with E-state index in [1.165, 1.54) is 23.0 Å². The van der Waals surface area contributed by atoms with Crippen molar-refractivity contribution in [3.63, 3.8) is 0 Å². The summed E-state index contributed by atoms with van der Waals surface area (Å²) in [4.78, 5) is 34.7. The van der Waals surface area contributed by atoms with E-state index in [4.69, 9.17) is 18.9 Å². The van der Waals surface area contributed by atoms with Gasteiger partial charge in [0.05, 0.1) is 49.4 Å². The maximum atomic E-state index is 14.1. The summed E-state index contributed by atoms with van der Waals surface area (Å²) >= 11 is 4.94. The van der Waals surface area contributed by atoms with Gasteiger partial charge in [0.2, 0.25) is 0 Å². The molecule has 0 amide bonds. The number of aromatic nitrogens is 1. The average Bonchev–Trinajstić information content (AvgIpc) is 3.27. The molecule has 0 bridgehead atoms. The number of rotatable bonds is 10. The summed E-state index contributed by atoms with van der Waals surface area (Å²) in [5.41, 5.74) is 2.81. The Labute approximate surface area is 251 Å². The molecule has 1 aliphatic rings. The Hall–Kier alpha value is -3.57. The average molecular weight is 645 g/mol. The predicted molar refractivity (Wildman–Crippen MR) is 164 cm³/mol. The van der Waals surface area contributed by atoms with Crippen molar-refractivity contribution in [3.8, 4) is 17.2 Å². The van der Waals surface area contributed by atoms with Crippen LogP contribution in [0.3, 0.4) is 0 Å². The zero-order valence-corrected chi connectivity index (χ0v) is 26.6. The van der Waals surface area contributed by atoms with E-state index >= 15 is 0 Å². The van der Waals surface area contributed by atoms with Crippen molar-refractivity contribution in [2.24, 2.45) is 4.99 Å². The van der Waals surface area contributed by atoms with E-state index in [1.807, 2.05) is 12.1 Å². The highest BCUT2D eigenvalue weighted by molar-refractivity contribution is 9.10. The lowest BCUT2D eigenvalue weighted by Crippen LogP contribution is -2.40. The number of nitrogens with zero attached hydrogens (tertiary/aromatic N) is 3. The minimum Gasteiger partial charge on any atom is -0.497 e. The predicted octanol–water partition coefficient (Wildman–Crippen LogP) is 4.43. The molecule has 218 valence electrons. The topological polar surface area (TPSA) is 91.6 Å². The molecule has 0 saturated heterocycles. The second-order valence-electron chi connectivity index (χ2n) is 9.13.